The summed E-state index contributed by atoms with van der Waals surface area (Å²) in [6.45, 7) is 0. The van der Waals surface area contributed by atoms with Gasteiger partial charge in [0.15, 0.2) is 5.78 Å². The second kappa shape index (κ2) is 7.98. The summed E-state index contributed by atoms with van der Waals surface area (Å²) >= 11 is 3.03. The highest BCUT2D eigenvalue weighted by atomic mass is 79.9. The molecule has 0 bridgehead atoms. The van der Waals surface area contributed by atoms with Crippen molar-refractivity contribution >= 4 is 28.1 Å². The molecule has 16 heavy (non-hydrogen) atoms. The van der Waals surface area contributed by atoms with Crippen LogP contribution >= 0.6 is 15.9 Å². The summed E-state index contributed by atoms with van der Waals surface area (Å²) in [6, 6.07) is 5.49. The van der Waals surface area contributed by atoms with Crippen molar-refractivity contribution in [1.82, 2.24) is 4.90 Å². The third-order valence-corrected chi connectivity index (χ3v) is 2.01. The molecule has 0 atom stereocenters. The van der Waals surface area contributed by atoms with Crippen LogP contribution in [0.4, 0.5) is 4.39 Å². The highest BCUT2D eigenvalue weighted by Crippen LogP contribution is 2.04. The Bertz CT molecular complexity index is 338. The van der Waals surface area contributed by atoms with Crippen LogP contribution in [0.1, 0.15) is 10.4 Å². The Labute approximate surface area is 102 Å². The number of hydrogen-bond acceptors (Lipinski definition) is 2. The molecule has 0 saturated heterocycles. The average molecular weight is 290 g/mol. The highest BCUT2D eigenvalue weighted by molar-refractivity contribution is 9.09. The first kappa shape index (κ1) is 14.8. The predicted octanol–water partition coefficient (Wildman–Crippen LogP) is 2.11. The van der Waals surface area contributed by atoms with Gasteiger partial charge in [-0.05, 0) is 24.3 Å². The van der Waals surface area contributed by atoms with E-state index in [-0.39, 0.29) is 16.9 Å². The van der Waals surface area contributed by atoms with Gasteiger partial charge in [0.05, 0.1) is 5.33 Å². The number of nitrogens with zero attached hydrogens (tertiary/aromatic N) is 1. The molecule has 3 nitrogen and oxygen atoms in total. The highest BCUT2D eigenvalue weighted by Gasteiger charge is 2.01. The van der Waals surface area contributed by atoms with Gasteiger partial charge < -0.3 is 4.90 Å². The zero-order chi connectivity index (χ0) is 12.6. The molecule has 0 unspecified atom stereocenters. The van der Waals surface area contributed by atoms with Crippen molar-refractivity contribution in [3.05, 3.63) is 35.6 Å². The summed E-state index contributed by atoms with van der Waals surface area (Å²) in [4.78, 5) is 21.8. The summed E-state index contributed by atoms with van der Waals surface area (Å²) in [5.41, 5.74) is 0.531. The fourth-order valence-corrected chi connectivity index (χ4v) is 1.04. The van der Waals surface area contributed by atoms with Gasteiger partial charge in [-0.15, -0.1) is 0 Å². The van der Waals surface area contributed by atoms with Gasteiger partial charge in [0.1, 0.15) is 5.82 Å². The molecule has 1 aromatic rings. The zero-order valence-electron chi connectivity index (χ0n) is 9.11. The fraction of sp³-hybridized carbons (Fsp3) is 0.273. The van der Waals surface area contributed by atoms with E-state index in [2.05, 4.69) is 15.9 Å². The summed E-state index contributed by atoms with van der Waals surface area (Å²) in [6.07, 6.45) is 0.750. The lowest BCUT2D eigenvalue weighted by Crippen LogP contribution is -2.06. The van der Waals surface area contributed by atoms with Crippen LogP contribution in [0.5, 0.6) is 0 Å². The second-order valence-electron chi connectivity index (χ2n) is 3.13. The molecule has 5 heteroatoms. The molecular weight excluding hydrogens is 277 g/mol. The zero-order valence-corrected chi connectivity index (χ0v) is 10.7. The Kier molecular flexibility index (Phi) is 7.37. The molecule has 0 aliphatic heterocycles. The SMILES string of the molecule is CN(C)C=O.O=C(CBr)c1ccc(F)cc1. The van der Waals surface area contributed by atoms with Gasteiger partial charge in [-0.25, -0.2) is 4.39 Å². The summed E-state index contributed by atoms with van der Waals surface area (Å²) in [5.74, 6) is -0.360. The van der Waals surface area contributed by atoms with Crippen molar-refractivity contribution in [3.8, 4) is 0 Å². The normalized spacial score (nSPS) is 8.75. The van der Waals surface area contributed by atoms with Crippen LogP contribution in [-0.2, 0) is 4.79 Å². The monoisotopic (exact) mass is 289 g/mol. The van der Waals surface area contributed by atoms with E-state index >= 15 is 0 Å². The molecular formula is C11H13BrFNO2. The van der Waals surface area contributed by atoms with E-state index in [0.717, 1.165) is 6.41 Å². The quantitative estimate of drug-likeness (QED) is 0.486. The largest absolute Gasteiger partial charge is 0.351 e. The van der Waals surface area contributed by atoms with E-state index in [1.807, 2.05) is 0 Å². The number of benzene rings is 1. The lowest BCUT2D eigenvalue weighted by atomic mass is 10.1. The topological polar surface area (TPSA) is 37.4 Å². The molecule has 0 spiro atoms. The molecule has 0 heterocycles. The van der Waals surface area contributed by atoms with Crippen molar-refractivity contribution < 1.29 is 14.0 Å². The van der Waals surface area contributed by atoms with Gasteiger partial charge in [0.25, 0.3) is 0 Å². The Balaban J connectivity index is 0.000000385. The number of rotatable bonds is 3. The minimum absolute atomic E-state index is 0.0370. The number of carbonyl (C=O) groups is 2. The molecule has 0 saturated carbocycles. The lowest BCUT2D eigenvalue weighted by Gasteiger charge is -1.94. The number of alkyl halides is 1. The summed E-state index contributed by atoms with van der Waals surface area (Å²) in [7, 11) is 3.38. The number of ketones is 1. The second-order valence-corrected chi connectivity index (χ2v) is 3.69. The van der Waals surface area contributed by atoms with Crippen LogP contribution in [0, 0.1) is 5.82 Å². The van der Waals surface area contributed by atoms with Crippen LogP contribution in [0.15, 0.2) is 24.3 Å². The molecule has 0 N–H and O–H groups in total. The first-order chi connectivity index (χ1) is 7.51. The Hall–Kier alpha value is -1.23. The number of carbonyl (C=O) groups excluding carboxylic acids is 2. The maximum atomic E-state index is 12.3. The predicted molar refractivity (Wildman–Crippen MR) is 64.3 cm³/mol. The number of amides is 1. The van der Waals surface area contributed by atoms with E-state index in [4.69, 9.17) is 0 Å². The molecule has 1 aromatic carbocycles. The molecule has 0 aromatic heterocycles. The van der Waals surface area contributed by atoms with Crippen molar-refractivity contribution in [2.75, 3.05) is 19.4 Å². The maximum Gasteiger partial charge on any atom is 0.209 e. The average Bonchev–Trinajstić information content (AvgIpc) is 2.29. The number of halogens is 2. The van der Waals surface area contributed by atoms with Gasteiger partial charge in [0.2, 0.25) is 6.41 Å². The van der Waals surface area contributed by atoms with Gasteiger partial charge in [-0.3, -0.25) is 9.59 Å². The molecule has 0 fully saturated rings. The third kappa shape index (κ3) is 6.29. The number of Topliss-reactive ketones (excluding diaryl/α,β-unsaturated/α-hetero) is 1. The first-order valence-electron chi connectivity index (χ1n) is 4.47. The summed E-state index contributed by atoms with van der Waals surface area (Å²) in [5, 5.41) is 0.276. The van der Waals surface area contributed by atoms with Crippen LogP contribution in [-0.4, -0.2) is 36.5 Å². The van der Waals surface area contributed by atoms with Crippen LogP contribution in [0.3, 0.4) is 0 Å². The minimum Gasteiger partial charge on any atom is -0.351 e. The van der Waals surface area contributed by atoms with Gasteiger partial charge in [0, 0.05) is 19.7 Å². The van der Waals surface area contributed by atoms with Crippen LogP contribution < -0.4 is 0 Å². The fourth-order valence-electron chi connectivity index (χ4n) is 0.713. The van der Waals surface area contributed by atoms with E-state index in [1.165, 1.54) is 29.2 Å². The Morgan fingerprint density at radius 1 is 1.38 bits per heavy atom. The Morgan fingerprint density at radius 2 is 1.81 bits per heavy atom. The third-order valence-electron chi connectivity index (χ3n) is 1.50. The lowest BCUT2D eigenvalue weighted by molar-refractivity contribution is -0.115. The van der Waals surface area contributed by atoms with E-state index in [0.29, 0.717) is 5.56 Å². The van der Waals surface area contributed by atoms with E-state index in [9.17, 15) is 14.0 Å². The van der Waals surface area contributed by atoms with Crippen molar-refractivity contribution in [2.45, 2.75) is 0 Å². The van der Waals surface area contributed by atoms with Crippen molar-refractivity contribution in [3.63, 3.8) is 0 Å². The molecule has 1 amide bonds. The van der Waals surface area contributed by atoms with E-state index in [1.54, 1.807) is 14.1 Å². The maximum absolute atomic E-state index is 12.3. The summed E-state index contributed by atoms with van der Waals surface area (Å²) < 4.78 is 12.3. The standard InChI is InChI=1S/C8H6BrFO.C3H7NO/c9-5-8(11)6-1-3-7(10)4-2-6;1-4(2)3-5/h1-4H,5H2;3H,1-2H3. The molecule has 0 radical (unpaired) electrons. The van der Waals surface area contributed by atoms with Crippen LogP contribution in [0.25, 0.3) is 0 Å². The van der Waals surface area contributed by atoms with Gasteiger partial charge in [-0.2, -0.15) is 0 Å². The number of hydrogen-bond donors (Lipinski definition) is 0. The first-order valence-corrected chi connectivity index (χ1v) is 5.60. The molecule has 88 valence electrons. The molecule has 1 rings (SSSR count). The van der Waals surface area contributed by atoms with E-state index < -0.39 is 0 Å². The Morgan fingerprint density at radius 3 is 2.12 bits per heavy atom. The van der Waals surface area contributed by atoms with Crippen LogP contribution in [0.2, 0.25) is 0 Å². The van der Waals surface area contributed by atoms with Gasteiger partial charge in [-0.1, -0.05) is 15.9 Å². The van der Waals surface area contributed by atoms with Gasteiger partial charge >= 0.3 is 0 Å². The van der Waals surface area contributed by atoms with Crippen molar-refractivity contribution in [2.24, 2.45) is 0 Å². The molecule has 0 aliphatic carbocycles. The molecule has 0 aliphatic rings. The smallest absolute Gasteiger partial charge is 0.209 e. The minimum atomic E-state index is -0.323. The van der Waals surface area contributed by atoms with Crippen molar-refractivity contribution in [1.29, 1.82) is 0 Å².